The zero-order valence-corrected chi connectivity index (χ0v) is 8.66. The van der Waals surface area contributed by atoms with Gasteiger partial charge in [0.1, 0.15) is 0 Å². The molecule has 0 atom stereocenters. The zero-order chi connectivity index (χ0) is 7.72. The molecule has 0 radical (unpaired) electrons. The van der Waals surface area contributed by atoms with E-state index in [4.69, 9.17) is 5.73 Å². The van der Waals surface area contributed by atoms with Crippen molar-refractivity contribution in [2.75, 3.05) is 5.73 Å². The molecular formula is C7H7Br2N. The Labute approximate surface area is 76.9 Å². The third kappa shape index (κ3) is 1.52. The average Bonchev–Trinajstić information content (AvgIpc) is 1.82. The third-order valence-electron chi connectivity index (χ3n) is 1.30. The summed E-state index contributed by atoms with van der Waals surface area (Å²) in [5.41, 5.74) is 7.58. The summed E-state index contributed by atoms with van der Waals surface area (Å²) in [5, 5.41) is 0. The molecule has 0 aliphatic heterocycles. The molecule has 10 heavy (non-hydrogen) atoms. The van der Waals surface area contributed by atoms with E-state index in [1.807, 2.05) is 19.1 Å². The highest BCUT2D eigenvalue weighted by Crippen LogP contribution is 2.27. The Morgan fingerprint density at radius 1 is 1.30 bits per heavy atom. The third-order valence-corrected chi connectivity index (χ3v) is 2.42. The lowest BCUT2D eigenvalue weighted by molar-refractivity contribution is 1.43. The number of hydrogen-bond donors (Lipinski definition) is 1. The van der Waals surface area contributed by atoms with Crippen LogP contribution in [0.5, 0.6) is 0 Å². The predicted molar refractivity (Wildman–Crippen MR) is 51.0 cm³/mol. The minimum Gasteiger partial charge on any atom is -0.398 e. The van der Waals surface area contributed by atoms with Crippen LogP contribution in [0, 0.1) is 6.92 Å². The van der Waals surface area contributed by atoms with Crippen molar-refractivity contribution in [1.29, 1.82) is 0 Å². The normalized spacial score (nSPS) is 9.90. The van der Waals surface area contributed by atoms with Crippen LogP contribution in [0.2, 0.25) is 0 Å². The van der Waals surface area contributed by atoms with Crippen LogP contribution in [0.3, 0.4) is 0 Å². The number of halogens is 2. The minimum atomic E-state index is 0.809. The number of aryl methyl sites for hydroxylation is 1. The molecule has 1 aromatic rings. The monoisotopic (exact) mass is 263 g/mol. The fourth-order valence-corrected chi connectivity index (χ4v) is 2.15. The SMILES string of the molecule is Cc1cc(Br)cc(Br)c1N. The maximum Gasteiger partial charge on any atom is 0.0488 e. The van der Waals surface area contributed by atoms with E-state index >= 15 is 0 Å². The van der Waals surface area contributed by atoms with Crippen LogP contribution in [0.25, 0.3) is 0 Å². The van der Waals surface area contributed by atoms with Crippen LogP contribution < -0.4 is 5.73 Å². The topological polar surface area (TPSA) is 26.0 Å². The molecule has 2 N–H and O–H groups in total. The number of anilines is 1. The van der Waals surface area contributed by atoms with Gasteiger partial charge in [-0.05, 0) is 40.5 Å². The standard InChI is InChI=1S/C7H7Br2N/c1-4-2-5(8)3-6(9)7(4)10/h2-3H,10H2,1H3. The number of nitrogens with two attached hydrogens (primary N) is 1. The number of benzene rings is 1. The van der Waals surface area contributed by atoms with Gasteiger partial charge in [0.15, 0.2) is 0 Å². The van der Waals surface area contributed by atoms with E-state index in [-0.39, 0.29) is 0 Å². The maximum atomic E-state index is 5.68. The molecular weight excluding hydrogens is 258 g/mol. The molecule has 0 aliphatic rings. The highest BCUT2D eigenvalue weighted by molar-refractivity contribution is 9.11. The van der Waals surface area contributed by atoms with Crippen molar-refractivity contribution in [3.8, 4) is 0 Å². The molecule has 0 saturated carbocycles. The van der Waals surface area contributed by atoms with Crippen molar-refractivity contribution in [2.45, 2.75) is 6.92 Å². The highest BCUT2D eigenvalue weighted by Gasteiger charge is 1.99. The van der Waals surface area contributed by atoms with Crippen molar-refractivity contribution in [2.24, 2.45) is 0 Å². The summed E-state index contributed by atoms with van der Waals surface area (Å²) in [6, 6.07) is 3.92. The van der Waals surface area contributed by atoms with E-state index in [9.17, 15) is 0 Å². The van der Waals surface area contributed by atoms with Crippen molar-refractivity contribution in [3.05, 3.63) is 26.6 Å². The Morgan fingerprint density at radius 2 is 1.90 bits per heavy atom. The number of hydrogen-bond acceptors (Lipinski definition) is 1. The van der Waals surface area contributed by atoms with Gasteiger partial charge < -0.3 is 5.73 Å². The Balaban J connectivity index is 3.31. The van der Waals surface area contributed by atoms with E-state index in [1.54, 1.807) is 0 Å². The van der Waals surface area contributed by atoms with Gasteiger partial charge in [0, 0.05) is 14.6 Å². The fraction of sp³-hybridized carbons (Fsp3) is 0.143. The van der Waals surface area contributed by atoms with E-state index in [0.717, 1.165) is 20.2 Å². The first-order valence-corrected chi connectivity index (χ1v) is 4.41. The van der Waals surface area contributed by atoms with E-state index in [0.29, 0.717) is 0 Å². The van der Waals surface area contributed by atoms with Gasteiger partial charge in [0.05, 0.1) is 0 Å². The minimum absolute atomic E-state index is 0.809. The van der Waals surface area contributed by atoms with Crippen molar-refractivity contribution < 1.29 is 0 Å². The summed E-state index contributed by atoms with van der Waals surface area (Å²) in [7, 11) is 0. The lowest BCUT2D eigenvalue weighted by Gasteiger charge is -2.02. The smallest absolute Gasteiger partial charge is 0.0488 e. The fourth-order valence-electron chi connectivity index (χ4n) is 0.713. The molecule has 1 rings (SSSR count). The summed E-state index contributed by atoms with van der Waals surface area (Å²) in [4.78, 5) is 0. The highest BCUT2D eigenvalue weighted by atomic mass is 79.9. The first kappa shape index (κ1) is 8.08. The van der Waals surface area contributed by atoms with Gasteiger partial charge in [0.25, 0.3) is 0 Å². The van der Waals surface area contributed by atoms with Crippen LogP contribution in [0.15, 0.2) is 21.1 Å². The molecule has 0 amide bonds. The molecule has 0 aromatic heterocycles. The zero-order valence-electron chi connectivity index (χ0n) is 5.49. The lowest BCUT2D eigenvalue weighted by atomic mass is 10.2. The van der Waals surface area contributed by atoms with Crippen LogP contribution in [-0.2, 0) is 0 Å². The lowest BCUT2D eigenvalue weighted by Crippen LogP contribution is -1.90. The molecule has 1 nitrogen and oxygen atoms in total. The van der Waals surface area contributed by atoms with E-state index in [1.165, 1.54) is 0 Å². The molecule has 0 aliphatic carbocycles. The first-order chi connectivity index (χ1) is 4.61. The van der Waals surface area contributed by atoms with E-state index in [2.05, 4.69) is 31.9 Å². The summed E-state index contributed by atoms with van der Waals surface area (Å²) >= 11 is 6.70. The molecule has 0 spiro atoms. The van der Waals surface area contributed by atoms with Gasteiger partial charge in [-0.3, -0.25) is 0 Å². The predicted octanol–water partition coefficient (Wildman–Crippen LogP) is 3.10. The molecule has 1 aromatic carbocycles. The Bertz CT molecular complexity index is 235. The van der Waals surface area contributed by atoms with Crippen LogP contribution in [0.4, 0.5) is 5.69 Å². The number of nitrogen functional groups attached to an aromatic ring is 1. The number of rotatable bonds is 0. The Hall–Kier alpha value is -0.0200. The van der Waals surface area contributed by atoms with Gasteiger partial charge in [-0.15, -0.1) is 0 Å². The average molecular weight is 265 g/mol. The molecule has 0 heterocycles. The maximum absolute atomic E-state index is 5.68. The molecule has 0 fully saturated rings. The molecule has 3 heteroatoms. The second kappa shape index (κ2) is 2.93. The van der Waals surface area contributed by atoms with Gasteiger partial charge in [0.2, 0.25) is 0 Å². The molecule has 54 valence electrons. The largest absolute Gasteiger partial charge is 0.398 e. The van der Waals surface area contributed by atoms with Crippen LogP contribution in [-0.4, -0.2) is 0 Å². The second-order valence-electron chi connectivity index (χ2n) is 2.12. The Morgan fingerprint density at radius 3 is 2.40 bits per heavy atom. The van der Waals surface area contributed by atoms with Gasteiger partial charge in [-0.25, -0.2) is 0 Å². The van der Waals surface area contributed by atoms with Crippen LogP contribution >= 0.6 is 31.9 Å². The van der Waals surface area contributed by atoms with Crippen molar-refractivity contribution in [1.82, 2.24) is 0 Å². The van der Waals surface area contributed by atoms with Gasteiger partial charge in [-0.1, -0.05) is 15.9 Å². The molecule has 0 unspecified atom stereocenters. The van der Waals surface area contributed by atoms with E-state index < -0.39 is 0 Å². The van der Waals surface area contributed by atoms with Gasteiger partial charge in [-0.2, -0.15) is 0 Å². The summed E-state index contributed by atoms with van der Waals surface area (Å²) in [5.74, 6) is 0. The van der Waals surface area contributed by atoms with Crippen molar-refractivity contribution >= 4 is 37.5 Å². The molecule has 0 saturated heterocycles. The van der Waals surface area contributed by atoms with Crippen LogP contribution in [0.1, 0.15) is 5.56 Å². The summed E-state index contributed by atoms with van der Waals surface area (Å²) in [6.45, 7) is 1.98. The first-order valence-electron chi connectivity index (χ1n) is 2.82. The Kier molecular flexibility index (Phi) is 2.36. The molecule has 0 bridgehead atoms. The second-order valence-corrected chi connectivity index (χ2v) is 3.89. The summed E-state index contributed by atoms with van der Waals surface area (Å²) in [6.07, 6.45) is 0. The summed E-state index contributed by atoms with van der Waals surface area (Å²) < 4.78 is 1.99. The quantitative estimate of drug-likeness (QED) is 0.716. The van der Waals surface area contributed by atoms with Gasteiger partial charge >= 0.3 is 0 Å². The van der Waals surface area contributed by atoms with Crippen molar-refractivity contribution in [3.63, 3.8) is 0 Å².